The molecule has 3 heteroatoms. The van der Waals surface area contributed by atoms with Crippen LogP contribution in [0.4, 0.5) is 0 Å². The van der Waals surface area contributed by atoms with Gasteiger partial charge in [0.15, 0.2) is 0 Å². The van der Waals surface area contributed by atoms with Gasteiger partial charge in [-0.1, -0.05) is 13.8 Å². The minimum absolute atomic E-state index is 0.944. The zero-order chi connectivity index (χ0) is 15.2. The molecule has 0 atom stereocenters. The zero-order valence-electron chi connectivity index (χ0n) is 13.7. The first-order chi connectivity index (χ1) is 10.2. The molecule has 2 N–H and O–H groups in total. The van der Waals surface area contributed by atoms with Crippen molar-refractivity contribution in [2.24, 2.45) is 5.73 Å². The first-order valence-electron chi connectivity index (χ1n) is 8.29. The summed E-state index contributed by atoms with van der Waals surface area (Å²) >= 11 is 0. The highest BCUT2D eigenvalue weighted by atomic mass is 16.5. The minimum atomic E-state index is 0.944. The molecule has 21 heavy (non-hydrogen) atoms. The fourth-order valence-corrected chi connectivity index (χ4v) is 3.33. The van der Waals surface area contributed by atoms with Gasteiger partial charge in [0, 0.05) is 0 Å². The summed E-state index contributed by atoms with van der Waals surface area (Å²) in [5, 5.41) is 0. The van der Waals surface area contributed by atoms with Crippen LogP contribution in [-0.4, -0.2) is 30.6 Å². The summed E-state index contributed by atoms with van der Waals surface area (Å²) in [5.74, 6) is 1.97. The molecular formula is C18H29N2O+. The van der Waals surface area contributed by atoms with Crippen LogP contribution in [0.15, 0.2) is 12.1 Å². The Bertz CT molecular complexity index is 512. The third-order valence-electron chi connectivity index (χ3n) is 4.32. The van der Waals surface area contributed by atoms with E-state index in [1.807, 2.05) is 0 Å². The van der Waals surface area contributed by atoms with E-state index in [-0.39, 0.29) is 0 Å². The van der Waals surface area contributed by atoms with Crippen LogP contribution in [0.2, 0.25) is 0 Å². The predicted molar refractivity (Wildman–Crippen MR) is 88.5 cm³/mol. The van der Waals surface area contributed by atoms with Crippen molar-refractivity contribution in [2.45, 2.75) is 52.4 Å². The maximum Gasteiger partial charge on any atom is 0.275 e. The van der Waals surface area contributed by atoms with Gasteiger partial charge in [0.05, 0.1) is 25.8 Å². The summed E-state index contributed by atoms with van der Waals surface area (Å²) in [4.78, 5) is 0. The van der Waals surface area contributed by atoms with Gasteiger partial charge in [0.2, 0.25) is 0 Å². The Morgan fingerprint density at radius 2 is 1.71 bits per heavy atom. The first kappa shape index (κ1) is 15.9. The quantitative estimate of drug-likeness (QED) is 0.496. The van der Waals surface area contributed by atoms with E-state index < -0.39 is 0 Å². The molecule has 0 bridgehead atoms. The summed E-state index contributed by atoms with van der Waals surface area (Å²) in [7, 11) is 1.76. The molecule has 0 saturated heterocycles. The van der Waals surface area contributed by atoms with Crippen LogP contribution in [0.5, 0.6) is 5.75 Å². The molecule has 116 valence electrons. The number of hydrogen-bond donors (Lipinski definition) is 1. The highest BCUT2D eigenvalue weighted by Gasteiger charge is 2.22. The third-order valence-corrected chi connectivity index (χ3v) is 4.32. The van der Waals surface area contributed by atoms with Gasteiger partial charge in [-0.15, -0.1) is 0 Å². The van der Waals surface area contributed by atoms with Gasteiger partial charge in [-0.3, -0.25) is 10.3 Å². The zero-order valence-corrected chi connectivity index (χ0v) is 13.7. The summed E-state index contributed by atoms with van der Waals surface area (Å²) < 4.78 is 7.87. The fourth-order valence-electron chi connectivity index (χ4n) is 3.33. The Hall–Kier alpha value is -1.51. The molecular weight excluding hydrogens is 260 g/mol. The van der Waals surface area contributed by atoms with Gasteiger partial charge < -0.3 is 4.74 Å². The van der Waals surface area contributed by atoms with Crippen LogP contribution in [-0.2, 0) is 12.8 Å². The molecule has 0 saturated carbocycles. The Kier molecular flexibility index (Phi) is 5.66. The first-order valence-corrected chi connectivity index (χ1v) is 8.29. The van der Waals surface area contributed by atoms with Crippen LogP contribution in [0.25, 0.3) is 0 Å². The van der Waals surface area contributed by atoms with Crippen molar-refractivity contribution in [3.63, 3.8) is 0 Å². The molecule has 1 aliphatic rings. The Balaban J connectivity index is 2.50. The molecule has 0 amide bonds. The van der Waals surface area contributed by atoms with Crippen LogP contribution in [0, 0.1) is 0 Å². The Morgan fingerprint density at radius 1 is 1.10 bits per heavy atom. The van der Waals surface area contributed by atoms with Gasteiger partial charge in [0.1, 0.15) is 5.75 Å². The highest BCUT2D eigenvalue weighted by molar-refractivity contribution is 5.96. The molecule has 1 aliphatic carbocycles. The van der Waals surface area contributed by atoms with E-state index in [1.54, 1.807) is 7.11 Å². The second-order valence-corrected chi connectivity index (χ2v) is 5.85. The van der Waals surface area contributed by atoms with E-state index in [1.165, 1.54) is 29.5 Å². The average molecular weight is 289 g/mol. The number of rotatable bonds is 6. The van der Waals surface area contributed by atoms with Crippen LogP contribution >= 0.6 is 0 Å². The summed E-state index contributed by atoms with van der Waals surface area (Å²) in [5.41, 5.74) is 10.5. The van der Waals surface area contributed by atoms with Crippen molar-refractivity contribution >= 4 is 5.84 Å². The van der Waals surface area contributed by atoms with Gasteiger partial charge in [0.25, 0.3) is 5.84 Å². The fraction of sp³-hybridized carbons (Fsp3) is 0.611. The monoisotopic (exact) mass is 289 g/mol. The topological polar surface area (TPSA) is 38.3 Å². The third kappa shape index (κ3) is 3.39. The predicted octanol–water partition coefficient (Wildman–Crippen LogP) is 3.11. The lowest BCUT2D eigenvalue weighted by atomic mass is 9.87. The van der Waals surface area contributed by atoms with E-state index in [2.05, 4.69) is 30.6 Å². The molecule has 0 spiro atoms. The molecule has 3 nitrogen and oxygen atoms in total. The number of nitrogens with two attached hydrogens (primary N) is 1. The smallest absolute Gasteiger partial charge is 0.275 e. The van der Waals surface area contributed by atoms with Crippen LogP contribution < -0.4 is 10.5 Å². The van der Waals surface area contributed by atoms with Crippen molar-refractivity contribution < 1.29 is 9.31 Å². The number of amidine groups is 1. The van der Waals surface area contributed by atoms with Crippen LogP contribution in [0.1, 0.15) is 56.2 Å². The maximum atomic E-state index is 6.53. The number of nitrogens with zero attached hydrogens (tertiary/aromatic N) is 1. The van der Waals surface area contributed by atoms with E-state index in [4.69, 9.17) is 10.5 Å². The molecule has 0 aliphatic heterocycles. The van der Waals surface area contributed by atoms with E-state index in [9.17, 15) is 0 Å². The summed E-state index contributed by atoms with van der Waals surface area (Å²) in [6.45, 7) is 6.47. The lowest BCUT2D eigenvalue weighted by Crippen LogP contribution is -2.32. The average Bonchev–Trinajstić information content (AvgIpc) is 2.53. The molecule has 0 radical (unpaired) electrons. The molecule has 0 unspecified atom stereocenters. The highest BCUT2D eigenvalue weighted by Crippen LogP contribution is 2.32. The summed E-state index contributed by atoms with van der Waals surface area (Å²) in [6, 6.07) is 4.24. The maximum absolute atomic E-state index is 6.53. The summed E-state index contributed by atoms with van der Waals surface area (Å²) in [6.07, 6.45) is 6.98. The van der Waals surface area contributed by atoms with Crippen LogP contribution in [0.3, 0.4) is 0 Å². The van der Waals surface area contributed by atoms with Gasteiger partial charge in [-0.05, 0) is 61.8 Å². The van der Waals surface area contributed by atoms with Crippen molar-refractivity contribution in [3.8, 4) is 5.75 Å². The van der Waals surface area contributed by atoms with E-state index in [0.29, 0.717) is 0 Å². The van der Waals surface area contributed by atoms with Gasteiger partial charge >= 0.3 is 0 Å². The van der Waals surface area contributed by atoms with Crippen molar-refractivity contribution in [1.82, 2.24) is 0 Å². The second-order valence-electron chi connectivity index (χ2n) is 5.85. The Morgan fingerprint density at radius 3 is 2.29 bits per heavy atom. The van der Waals surface area contributed by atoms with Gasteiger partial charge in [-0.25, -0.2) is 0 Å². The van der Waals surface area contributed by atoms with Gasteiger partial charge in [-0.2, -0.15) is 0 Å². The normalized spacial score (nSPS) is 13.7. The van der Waals surface area contributed by atoms with Crippen molar-refractivity contribution in [2.75, 3.05) is 20.2 Å². The number of benzene rings is 1. The number of methoxy groups -OCH3 is 1. The number of hydrogen-bond acceptors (Lipinski definition) is 1. The lowest BCUT2D eigenvalue weighted by molar-refractivity contribution is -0.528. The second kappa shape index (κ2) is 7.48. The molecule has 2 rings (SSSR count). The standard InChI is InChI=1S/C18H28N2O/c1-4-12-20(13-5-2)18(19)16-10-11-17(21-3)15-9-7-6-8-14(15)16/h10-11,19H,4-9,12-13H2,1-3H3/p+1. The SMILES string of the molecule is CCC[N+](CCC)=C(N)c1ccc(OC)c2c1CCCC2. The Labute approximate surface area is 128 Å². The molecule has 0 aromatic heterocycles. The largest absolute Gasteiger partial charge is 0.496 e. The van der Waals surface area contributed by atoms with E-state index in [0.717, 1.165) is 50.4 Å². The number of fused-ring (bicyclic) bond motifs is 1. The molecule has 0 fully saturated rings. The number of ether oxygens (including phenoxy) is 1. The van der Waals surface area contributed by atoms with E-state index >= 15 is 0 Å². The molecule has 0 heterocycles. The van der Waals surface area contributed by atoms with Crippen molar-refractivity contribution in [3.05, 3.63) is 28.8 Å². The van der Waals surface area contributed by atoms with Crippen molar-refractivity contribution in [1.29, 1.82) is 0 Å². The minimum Gasteiger partial charge on any atom is -0.496 e. The molecule has 1 aromatic rings. The molecule has 1 aromatic carbocycles. The lowest BCUT2D eigenvalue weighted by Gasteiger charge is -2.21.